The third-order valence-corrected chi connectivity index (χ3v) is 2.71. The minimum absolute atomic E-state index is 0.0855. The van der Waals surface area contributed by atoms with E-state index < -0.39 is 40.4 Å². The van der Waals surface area contributed by atoms with E-state index in [0.29, 0.717) is 6.54 Å². The summed E-state index contributed by atoms with van der Waals surface area (Å²) >= 11 is 0. The van der Waals surface area contributed by atoms with Crippen LogP contribution in [0.4, 0.5) is 22.0 Å². The van der Waals surface area contributed by atoms with Crippen LogP contribution in [0, 0.1) is 29.1 Å². The van der Waals surface area contributed by atoms with Gasteiger partial charge in [0.15, 0.2) is 29.0 Å². The maximum Gasteiger partial charge on any atom is 0.208 e. The van der Waals surface area contributed by atoms with Crippen LogP contribution in [0.5, 0.6) is 0 Å². The average molecular weight is 306 g/mol. The summed E-state index contributed by atoms with van der Waals surface area (Å²) in [5, 5.41) is 2.93. The summed E-state index contributed by atoms with van der Waals surface area (Å²) in [5.41, 5.74) is -1.12. The number of rotatable bonds is 5. The molecule has 0 atom stereocenters. The van der Waals surface area contributed by atoms with Crippen molar-refractivity contribution >= 4 is 0 Å². The van der Waals surface area contributed by atoms with Gasteiger partial charge in [0.25, 0.3) is 0 Å². The number of nitrogens with zero attached hydrogens (tertiary/aromatic N) is 1. The van der Waals surface area contributed by atoms with Crippen LogP contribution in [-0.4, -0.2) is 11.5 Å². The number of aromatic nitrogens is 1. The molecule has 0 fully saturated rings. The monoisotopic (exact) mass is 306 g/mol. The Kier molecular flexibility index (Phi) is 4.56. The lowest BCUT2D eigenvalue weighted by Crippen LogP contribution is -2.13. The first-order valence-corrected chi connectivity index (χ1v) is 6.14. The Morgan fingerprint density at radius 3 is 2.14 bits per heavy atom. The molecule has 21 heavy (non-hydrogen) atoms. The van der Waals surface area contributed by atoms with Crippen molar-refractivity contribution in [3.05, 3.63) is 41.2 Å². The van der Waals surface area contributed by atoms with Crippen molar-refractivity contribution in [2.45, 2.75) is 19.9 Å². The van der Waals surface area contributed by atoms with Gasteiger partial charge in [-0.1, -0.05) is 6.92 Å². The van der Waals surface area contributed by atoms with Crippen LogP contribution < -0.4 is 5.32 Å². The van der Waals surface area contributed by atoms with E-state index in [1.54, 1.807) is 0 Å². The third-order valence-electron chi connectivity index (χ3n) is 2.71. The molecule has 0 radical (unpaired) electrons. The molecule has 0 unspecified atom stereocenters. The standard InChI is InChI=1S/C13H11F5N2O/c1-2-3-19-5-7-20-4-6(21-7)8-9(14)11(16)13(18)12(17)10(8)15/h4,19H,2-3,5H2,1H3. The Morgan fingerprint density at radius 2 is 1.57 bits per heavy atom. The minimum atomic E-state index is -2.21. The van der Waals surface area contributed by atoms with Gasteiger partial charge in [-0.25, -0.2) is 26.9 Å². The van der Waals surface area contributed by atoms with Crippen LogP contribution in [0.1, 0.15) is 19.2 Å². The molecule has 0 bridgehead atoms. The first-order valence-electron chi connectivity index (χ1n) is 6.14. The number of halogens is 5. The summed E-state index contributed by atoms with van der Waals surface area (Å²) in [7, 11) is 0. The van der Waals surface area contributed by atoms with Crippen molar-refractivity contribution < 1.29 is 26.4 Å². The predicted octanol–water partition coefficient (Wildman–Crippen LogP) is 3.54. The molecule has 0 saturated carbocycles. The van der Waals surface area contributed by atoms with E-state index in [0.717, 1.165) is 12.6 Å². The smallest absolute Gasteiger partial charge is 0.208 e. The van der Waals surface area contributed by atoms with Crippen molar-refractivity contribution in [1.82, 2.24) is 10.3 Å². The van der Waals surface area contributed by atoms with Gasteiger partial charge < -0.3 is 9.73 Å². The van der Waals surface area contributed by atoms with E-state index >= 15 is 0 Å². The molecule has 2 rings (SSSR count). The zero-order chi connectivity index (χ0) is 15.6. The van der Waals surface area contributed by atoms with Crippen LogP contribution in [0.3, 0.4) is 0 Å². The Labute approximate surface area is 116 Å². The van der Waals surface area contributed by atoms with Gasteiger partial charge in [0.05, 0.1) is 18.3 Å². The second-order valence-electron chi connectivity index (χ2n) is 4.24. The molecule has 0 aliphatic carbocycles. The first kappa shape index (κ1) is 15.4. The Morgan fingerprint density at radius 1 is 1.00 bits per heavy atom. The molecule has 1 heterocycles. The molecular formula is C13H11F5N2O. The van der Waals surface area contributed by atoms with Crippen LogP contribution in [0.25, 0.3) is 11.3 Å². The molecular weight excluding hydrogens is 295 g/mol. The summed E-state index contributed by atoms with van der Waals surface area (Å²) in [4.78, 5) is 3.73. The van der Waals surface area contributed by atoms with Gasteiger partial charge in [-0.2, -0.15) is 0 Å². The highest BCUT2D eigenvalue weighted by molar-refractivity contribution is 5.58. The zero-order valence-corrected chi connectivity index (χ0v) is 10.9. The topological polar surface area (TPSA) is 38.1 Å². The molecule has 0 saturated heterocycles. The summed E-state index contributed by atoms with van der Waals surface area (Å²) in [5.74, 6) is -10.6. The highest BCUT2D eigenvalue weighted by atomic mass is 19.2. The van der Waals surface area contributed by atoms with Crippen molar-refractivity contribution in [3.63, 3.8) is 0 Å². The lowest BCUT2D eigenvalue weighted by atomic mass is 10.1. The highest BCUT2D eigenvalue weighted by Crippen LogP contribution is 2.31. The van der Waals surface area contributed by atoms with Crippen LogP contribution in [0.2, 0.25) is 0 Å². The van der Waals surface area contributed by atoms with Gasteiger partial charge in [0.2, 0.25) is 11.7 Å². The van der Waals surface area contributed by atoms with Gasteiger partial charge in [-0.15, -0.1) is 0 Å². The Hall–Kier alpha value is -1.96. The van der Waals surface area contributed by atoms with E-state index in [4.69, 9.17) is 4.42 Å². The van der Waals surface area contributed by atoms with Gasteiger partial charge >= 0.3 is 0 Å². The zero-order valence-electron chi connectivity index (χ0n) is 10.9. The predicted molar refractivity (Wildman–Crippen MR) is 63.7 cm³/mol. The van der Waals surface area contributed by atoms with Crippen molar-refractivity contribution in [1.29, 1.82) is 0 Å². The summed E-state index contributed by atoms with van der Waals surface area (Å²) in [6, 6.07) is 0. The van der Waals surface area contributed by atoms with Gasteiger partial charge in [0, 0.05) is 0 Å². The van der Waals surface area contributed by atoms with Gasteiger partial charge in [-0.3, -0.25) is 0 Å². The van der Waals surface area contributed by atoms with E-state index in [2.05, 4.69) is 10.3 Å². The Bertz CT molecular complexity index is 627. The lowest BCUT2D eigenvalue weighted by Gasteiger charge is -2.05. The normalized spacial score (nSPS) is 11.1. The van der Waals surface area contributed by atoms with Crippen molar-refractivity contribution in [2.75, 3.05) is 6.54 Å². The summed E-state index contributed by atoms with van der Waals surface area (Å²) in [6.07, 6.45) is 1.77. The molecule has 114 valence electrons. The van der Waals surface area contributed by atoms with E-state index in [-0.39, 0.29) is 12.4 Å². The lowest BCUT2D eigenvalue weighted by molar-refractivity contribution is 0.377. The Balaban J connectivity index is 2.39. The number of hydrogen-bond acceptors (Lipinski definition) is 3. The van der Waals surface area contributed by atoms with Crippen LogP contribution in [-0.2, 0) is 6.54 Å². The summed E-state index contributed by atoms with van der Waals surface area (Å²) in [6.45, 7) is 2.78. The molecule has 0 aliphatic rings. The second kappa shape index (κ2) is 6.21. The summed E-state index contributed by atoms with van der Waals surface area (Å²) < 4.78 is 71.3. The molecule has 1 aromatic carbocycles. The van der Waals surface area contributed by atoms with Crippen LogP contribution in [0.15, 0.2) is 10.6 Å². The van der Waals surface area contributed by atoms with Gasteiger partial charge in [-0.05, 0) is 13.0 Å². The fourth-order valence-corrected chi connectivity index (χ4v) is 1.70. The molecule has 1 N–H and O–H groups in total. The maximum atomic E-state index is 13.6. The molecule has 3 nitrogen and oxygen atoms in total. The molecule has 0 amide bonds. The highest BCUT2D eigenvalue weighted by Gasteiger charge is 2.28. The largest absolute Gasteiger partial charge is 0.439 e. The van der Waals surface area contributed by atoms with E-state index in [1.807, 2.05) is 6.92 Å². The van der Waals surface area contributed by atoms with E-state index in [9.17, 15) is 22.0 Å². The maximum absolute atomic E-state index is 13.6. The molecule has 1 aromatic heterocycles. The van der Waals surface area contributed by atoms with Gasteiger partial charge in [0.1, 0.15) is 0 Å². The minimum Gasteiger partial charge on any atom is -0.439 e. The first-order chi connectivity index (χ1) is 9.97. The molecule has 0 spiro atoms. The number of nitrogens with one attached hydrogen (secondary N) is 1. The fourth-order valence-electron chi connectivity index (χ4n) is 1.70. The molecule has 0 aliphatic heterocycles. The number of benzene rings is 1. The second-order valence-corrected chi connectivity index (χ2v) is 4.24. The third kappa shape index (κ3) is 2.90. The van der Waals surface area contributed by atoms with E-state index in [1.165, 1.54) is 0 Å². The van der Waals surface area contributed by atoms with Crippen molar-refractivity contribution in [3.8, 4) is 11.3 Å². The fraction of sp³-hybridized carbons (Fsp3) is 0.308. The molecule has 8 heteroatoms. The number of oxazole rings is 1. The van der Waals surface area contributed by atoms with Crippen LogP contribution >= 0.6 is 0 Å². The SMILES string of the molecule is CCCNCc1ncc(-c2c(F)c(F)c(F)c(F)c2F)o1. The van der Waals surface area contributed by atoms with Crippen molar-refractivity contribution in [2.24, 2.45) is 0 Å². The quantitative estimate of drug-likeness (QED) is 0.397. The average Bonchev–Trinajstić information content (AvgIpc) is 2.92. The number of hydrogen-bond donors (Lipinski definition) is 1. The molecule has 2 aromatic rings.